The van der Waals surface area contributed by atoms with Crippen molar-refractivity contribution in [1.82, 2.24) is 0 Å². The van der Waals surface area contributed by atoms with Crippen molar-refractivity contribution in [3.8, 4) is 0 Å². The first-order chi connectivity index (χ1) is 5.25. The molecule has 0 bridgehead atoms. The molecule has 4 heteroatoms. The Hall–Kier alpha value is -0.780. The van der Waals surface area contributed by atoms with Gasteiger partial charge >= 0.3 is 0 Å². The molecule has 0 unspecified atom stereocenters. The van der Waals surface area contributed by atoms with Gasteiger partial charge < -0.3 is 5.73 Å². The van der Waals surface area contributed by atoms with E-state index in [1.54, 1.807) is 24.3 Å². The lowest BCUT2D eigenvalue weighted by Crippen LogP contribution is -2.12. The minimum atomic E-state index is -1.30. The molecule has 3 nitrogen and oxygen atoms in total. The Bertz CT molecular complexity index is 298. The van der Waals surface area contributed by atoms with E-state index in [4.69, 9.17) is 5.73 Å². The largest absolute Gasteiger partial charge is 0.366 e. The van der Waals surface area contributed by atoms with E-state index >= 15 is 0 Å². The molecule has 0 aliphatic heterocycles. The molecule has 1 aromatic rings. The fraction of sp³-hybridized carbons (Fsp3) is 0. The van der Waals surface area contributed by atoms with Gasteiger partial charge in [-0.05, 0) is 12.1 Å². The third kappa shape index (κ3) is 1.83. The first-order valence-electron chi connectivity index (χ1n) is 2.91. The summed E-state index contributed by atoms with van der Waals surface area (Å²) < 4.78 is 11.1. The van der Waals surface area contributed by atoms with E-state index in [2.05, 4.69) is 0 Å². The van der Waals surface area contributed by atoms with Gasteiger partial charge in [0.05, 0.1) is 9.13 Å². The quantitative estimate of drug-likeness (QED) is 0.817. The van der Waals surface area contributed by atoms with Crippen LogP contribution in [0.15, 0.2) is 24.3 Å². The van der Waals surface area contributed by atoms with E-state index in [-0.39, 0.29) is 0 Å². The van der Waals surface area contributed by atoms with Gasteiger partial charge in [0.15, 0.2) is 21.2 Å². The third-order valence-corrected chi connectivity index (χ3v) is 2.64. The van der Waals surface area contributed by atoms with Crippen LogP contribution in [-0.4, -0.2) is 5.91 Å². The first kappa shape index (κ1) is 8.32. The zero-order valence-corrected chi connectivity index (χ0v) is 7.74. The normalized spacial score (nSPS) is 9.45. The van der Waals surface area contributed by atoms with Crippen LogP contribution in [0.4, 0.5) is 0 Å². The number of carbonyl (C=O) groups excluding carboxylic acids is 1. The van der Waals surface area contributed by atoms with Gasteiger partial charge in [0.1, 0.15) is 0 Å². The van der Waals surface area contributed by atoms with Gasteiger partial charge in [-0.3, -0.25) is 7.86 Å². The second-order valence-electron chi connectivity index (χ2n) is 1.92. The Labute approximate surface area is 74.2 Å². The lowest BCUT2D eigenvalue weighted by Gasteiger charge is -1.95. The summed E-state index contributed by atoms with van der Waals surface area (Å²) in [5, 5.41) is 0. The Morgan fingerprint density at radius 3 is 2.45 bits per heavy atom. The van der Waals surface area contributed by atoms with Crippen LogP contribution in [-0.2, 0) is 3.07 Å². The molecule has 0 saturated heterocycles. The van der Waals surface area contributed by atoms with Crippen molar-refractivity contribution in [2.75, 3.05) is 0 Å². The summed E-state index contributed by atoms with van der Waals surface area (Å²) in [7, 11) is 0. The topological polar surface area (TPSA) is 60.2 Å². The number of amides is 1. The lowest BCUT2D eigenvalue weighted by atomic mass is 10.2. The number of rotatable bonds is 2. The van der Waals surface area contributed by atoms with E-state index in [1.807, 2.05) is 0 Å². The zero-order valence-electron chi connectivity index (χ0n) is 5.58. The molecule has 0 aromatic heterocycles. The summed E-state index contributed by atoms with van der Waals surface area (Å²) in [6, 6.07) is 6.66. The molecule has 0 heterocycles. The van der Waals surface area contributed by atoms with E-state index < -0.39 is 27.1 Å². The Morgan fingerprint density at radius 1 is 1.36 bits per heavy atom. The van der Waals surface area contributed by atoms with Gasteiger partial charge in [-0.2, -0.15) is 0 Å². The fourth-order valence-electron chi connectivity index (χ4n) is 0.728. The molecule has 0 aliphatic carbocycles. The molecule has 0 fully saturated rings. The highest BCUT2D eigenvalue weighted by Crippen LogP contribution is 2.14. The van der Waals surface area contributed by atoms with Crippen LogP contribution in [0.25, 0.3) is 0 Å². The van der Waals surface area contributed by atoms with Crippen molar-refractivity contribution in [1.29, 1.82) is 0 Å². The predicted octanol–water partition coefficient (Wildman–Crippen LogP) is 1.27. The molecule has 11 heavy (non-hydrogen) atoms. The van der Waals surface area contributed by atoms with Crippen molar-refractivity contribution in [2.24, 2.45) is 5.73 Å². The highest BCUT2D eigenvalue weighted by molar-refractivity contribution is 14.1. The number of benzene rings is 1. The molecule has 0 radical (unpaired) electrons. The fourth-order valence-corrected chi connectivity index (χ4v) is 1.77. The van der Waals surface area contributed by atoms with E-state index in [0.29, 0.717) is 9.13 Å². The lowest BCUT2D eigenvalue weighted by molar-refractivity contribution is 0.0999. The van der Waals surface area contributed by atoms with Gasteiger partial charge in [-0.15, -0.1) is 0 Å². The summed E-state index contributed by atoms with van der Waals surface area (Å²) in [6.07, 6.45) is 0. The van der Waals surface area contributed by atoms with Gasteiger partial charge in [0, 0.05) is 0 Å². The summed E-state index contributed by atoms with van der Waals surface area (Å²) in [5.74, 6) is -0.517. The van der Waals surface area contributed by atoms with Crippen molar-refractivity contribution < 1.29 is 7.86 Å². The molecule has 0 spiro atoms. The first-order valence-corrected chi connectivity index (χ1v) is 4.87. The average molecular weight is 263 g/mol. The minimum Gasteiger partial charge on any atom is -0.366 e. The molecule has 2 N–H and O–H groups in total. The van der Waals surface area contributed by atoms with Crippen LogP contribution >= 0.6 is 21.2 Å². The SMILES string of the molecule is NC(=O)c1ccccc1I=O. The van der Waals surface area contributed by atoms with Crippen LogP contribution in [0.3, 0.4) is 0 Å². The van der Waals surface area contributed by atoms with Crippen LogP contribution in [0.1, 0.15) is 10.4 Å². The number of halogens is 1. The second-order valence-corrected chi connectivity index (χ2v) is 3.52. The maximum absolute atomic E-state index is 10.7. The summed E-state index contributed by atoms with van der Waals surface area (Å²) in [4.78, 5) is 10.7. The molecule has 0 aliphatic rings. The molecule has 1 aromatic carbocycles. The van der Waals surface area contributed by atoms with Crippen molar-refractivity contribution in [3.05, 3.63) is 33.4 Å². The Balaban J connectivity index is 3.22. The summed E-state index contributed by atoms with van der Waals surface area (Å²) in [6.45, 7) is 0. The molecule has 1 rings (SSSR count). The average Bonchev–Trinajstić information content (AvgIpc) is 2.04. The van der Waals surface area contributed by atoms with Gasteiger partial charge in [0.25, 0.3) is 0 Å². The maximum Gasteiger partial charge on any atom is 0.249 e. The second kappa shape index (κ2) is 3.56. The summed E-state index contributed by atoms with van der Waals surface area (Å²) in [5.41, 5.74) is 5.40. The van der Waals surface area contributed by atoms with E-state index in [9.17, 15) is 7.86 Å². The molecular weight excluding hydrogens is 257 g/mol. The third-order valence-electron chi connectivity index (χ3n) is 1.22. The van der Waals surface area contributed by atoms with Crippen molar-refractivity contribution in [3.63, 3.8) is 0 Å². The molecule has 0 saturated carbocycles. The van der Waals surface area contributed by atoms with Crippen LogP contribution in [0, 0.1) is 3.57 Å². The highest BCUT2D eigenvalue weighted by Gasteiger charge is 2.05. The molecule has 0 atom stereocenters. The van der Waals surface area contributed by atoms with E-state index in [0.717, 1.165) is 0 Å². The van der Waals surface area contributed by atoms with Crippen LogP contribution in [0.5, 0.6) is 0 Å². The van der Waals surface area contributed by atoms with Crippen molar-refractivity contribution >= 4 is 27.1 Å². The number of nitrogens with two attached hydrogens (primary N) is 1. The van der Waals surface area contributed by atoms with Crippen LogP contribution in [0.2, 0.25) is 0 Å². The number of primary amides is 1. The number of hydrogen-bond acceptors (Lipinski definition) is 2. The minimum absolute atomic E-state index is 0.371. The Kier molecular flexibility index (Phi) is 2.70. The number of carbonyl (C=O) groups is 1. The van der Waals surface area contributed by atoms with Crippen molar-refractivity contribution in [2.45, 2.75) is 0 Å². The number of hydrogen-bond donors (Lipinski definition) is 1. The standard InChI is InChI=1S/C7H6INO2/c9-7(10)5-3-1-2-4-6(5)8-11/h1-4H,(H2,9,10). The predicted molar refractivity (Wildman–Crippen MR) is 48.4 cm³/mol. The maximum atomic E-state index is 10.7. The molecule has 1 amide bonds. The summed E-state index contributed by atoms with van der Waals surface area (Å²) >= 11 is -1.30. The molecular formula is C7H6INO2. The molecule has 58 valence electrons. The van der Waals surface area contributed by atoms with Gasteiger partial charge in [0.2, 0.25) is 5.91 Å². The smallest absolute Gasteiger partial charge is 0.249 e. The Morgan fingerprint density at radius 2 is 2.00 bits per heavy atom. The monoisotopic (exact) mass is 263 g/mol. The van der Waals surface area contributed by atoms with Gasteiger partial charge in [-0.25, -0.2) is 0 Å². The van der Waals surface area contributed by atoms with Crippen LogP contribution < -0.4 is 5.73 Å². The zero-order chi connectivity index (χ0) is 8.27. The van der Waals surface area contributed by atoms with E-state index in [1.165, 1.54) is 0 Å². The highest BCUT2D eigenvalue weighted by atomic mass is 127. The van der Waals surface area contributed by atoms with Gasteiger partial charge in [-0.1, -0.05) is 12.1 Å².